The van der Waals surface area contributed by atoms with E-state index in [1.54, 1.807) is 0 Å². The fourth-order valence-electron chi connectivity index (χ4n) is 3.20. The molecule has 0 aliphatic carbocycles. The maximum atomic E-state index is 6.24. The van der Waals surface area contributed by atoms with Crippen molar-refractivity contribution in [3.05, 3.63) is 33.8 Å². The Labute approximate surface area is 130 Å². The highest BCUT2D eigenvalue weighted by Crippen LogP contribution is 2.37. The minimum Gasteiger partial charge on any atom is -0.316 e. The van der Waals surface area contributed by atoms with Gasteiger partial charge in [-0.2, -0.15) is 0 Å². The molecule has 1 unspecified atom stereocenters. The molecule has 1 N–H and O–H groups in total. The summed E-state index contributed by atoms with van der Waals surface area (Å²) >= 11 is 12.2. The van der Waals surface area contributed by atoms with Crippen LogP contribution >= 0.6 is 35.6 Å². The zero-order valence-corrected chi connectivity index (χ0v) is 13.1. The number of hydrogen-bond acceptors (Lipinski definition) is 2. The number of hydrogen-bond donors (Lipinski definition) is 1. The quantitative estimate of drug-likeness (QED) is 0.895. The third-order valence-electron chi connectivity index (χ3n) is 4.26. The highest BCUT2D eigenvalue weighted by Gasteiger charge is 2.40. The topological polar surface area (TPSA) is 15.3 Å². The van der Waals surface area contributed by atoms with Crippen LogP contribution in [0.1, 0.15) is 18.4 Å². The fourth-order valence-corrected chi connectivity index (χ4v) is 3.67. The van der Waals surface area contributed by atoms with Crippen molar-refractivity contribution in [3.8, 4) is 0 Å². The van der Waals surface area contributed by atoms with E-state index >= 15 is 0 Å². The van der Waals surface area contributed by atoms with E-state index in [0.717, 1.165) is 11.6 Å². The molecule has 2 saturated heterocycles. The lowest BCUT2D eigenvalue weighted by molar-refractivity contribution is 0.269. The molecular weight excluding hydrogens is 303 g/mol. The van der Waals surface area contributed by atoms with Crippen LogP contribution in [-0.2, 0) is 6.54 Å². The number of nitrogens with zero attached hydrogens (tertiary/aromatic N) is 1. The summed E-state index contributed by atoms with van der Waals surface area (Å²) < 4.78 is 0. The largest absolute Gasteiger partial charge is 0.316 e. The normalized spacial score (nSPS) is 26.8. The van der Waals surface area contributed by atoms with Crippen LogP contribution < -0.4 is 5.32 Å². The number of nitrogens with one attached hydrogen (secondary N) is 1. The summed E-state index contributed by atoms with van der Waals surface area (Å²) in [5.41, 5.74) is 1.71. The molecule has 2 nitrogen and oxygen atoms in total. The summed E-state index contributed by atoms with van der Waals surface area (Å²) in [7, 11) is 0. The Morgan fingerprint density at radius 1 is 1.26 bits per heavy atom. The SMILES string of the molecule is Cl.Clc1ccc(CN2CCC3(CCNC3)C2)c(Cl)c1. The van der Waals surface area contributed by atoms with E-state index in [1.807, 2.05) is 18.2 Å². The number of likely N-dealkylation sites (tertiary alicyclic amines) is 1. The molecule has 5 heteroatoms. The molecule has 1 aromatic carbocycles. The summed E-state index contributed by atoms with van der Waals surface area (Å²) in [5.74, 6) is 0. The van der Waals surface area contributed by atoms with Gasteiger partial charge in [-0.3, -0.25) is 4.90 Å². The maximum absolute atomic E-state index is 6.24. The van der Waals surface area contributed by atoms with E-state index in [-0.39, 0.29) is 12.4 Å². The van der Waals surface area contributed by atoms with Gasteiger partial charge >= 0.3 is 0 Å². The predicted molar refractivity (Wildman–Crippen MR) is 83.5 cm³/mol. The van der Waals surface area contributed by atoms with Crippen molar-refractivity contribution in [1.82, 2.24) is 10.2 Å². The van der Waals surface area contributed by atoms with Crippen LogP contribution in [0.4, 0.5) is 0 Å². The van der Waals surface area contributed by atoms with Gasteiger partial charge in [-0.1, -0.05) is 29.3 Å². The first-order valence-corrected chi connectivity index (χ1v) is 7.30. The summed E-state index contributed by atoms with van der Waals surface area (Å²) in [5, 5.41) is 4.98. The predicted octanol–water partition coefficient (Wildman–Crippen LogP) is 3.60. The smallest absolute Gasteiger partial charge is 0.0465 e. The van der Waals surface area contributed by atoms with E-state index in [1.165, 1.54) is 44.6 Å². The molecule has 0 bridgehead atoms. The van der Waals surface area contributed by atoms with Crippen molar-refractivity contribution in [1.29, 1.82) is 0 Å². The second kappa shape index (κ2) is 6.19. The van der Waals surface area contributed by atoms with E-state index in [2.05, 4.69) is 10.2 Å². The Hall–Kier alpha value is 0.01000. The highest BCUT2D eigenvalue weighted by molar-refractivity contribution is 6.35. The van der Waals surface area contributed by atoms with Crippen molar-refractivity contribution in [3.63, 3.8) is 0 Å². The van der Waals surface area contributed by atoms with Gasteiger partial charge in [-0.05, 0) is 49.0 Å². The Morgan fingerprint density at radius 3 is 2.79 bits per heavy atom. The van der Waals surface area contributed by atoms with Crippen molar-refractivity contribution < 1.29 is 0 Å². The Bertz CT molecular complexity index is 444. The van der Waals surface area contributed by atoms with Crippen molar-refractivity contribution >= 4 is 35.6 Å². The molecule has 2 aliphatic rings. The molecule has 106 valence electrons. The van der Waals surface area contributed by atoms with Gasteiger partial charge < -0.3 is 5.32 Å². The first kappa shape index (κ1) is 15.4. The maximum Gasteiger partial charge on any atom is 0.0465 e. The third kappa shape index (κ3) is 3.37. The van der Waals surface area contributed by atoms with Crippen LogP contribution in [0.25, 0.3) is 0 Å². The Morgan fingerprint density at radius 2 is 2.11 bits per heavy atom. The fraction of sp³-hybridized carbons (Fsp3) is 0.571. The molecule has 2 aliphatic heterocycles. The van der Waals surface area contributed by atoms with E-state index in [4.69, 9.17) is 23.2 Å². The lowest BCUT2D eigenvalue weighted by Crippen LogP contribution is -2.29. The molecule has 1 atom stereocenters. The van der Waals surface area contributed by atoms with Gasteiger partial charge in [0, 0.05) is 29.7 Å². The average Bonchev–Trinajstić information content (AvgIpc) is 2.94. The average molecular weight is 322 g/mol. The molecule has 2 heterocycles. The van der Waals surface area contributed by atoms with Gasteiger partial charge in [0.1, 0.15) is 0 Å². The van der Waals surface area contributed by atoms with Gasteiger partial charge in [-0.15, -0.1) is 12.4 Å². The standard InChI is InChI=1S/C14H18Cl2N2.ClH/c15-12-2-1-11(13(16)7-12)8-18-6-4-14(10-18)3-5-17-9-14;/h1-2,7,17H,3-6,8-10H2;1H. The summed E-state index contributed by atoms with van der Waals surface area (Å²) in [6.45, 7) is 5.67. The van der Waals surface area contributed by atoms with Crippen LogP contribution in [0.3, 0.4) is 0 Å². The minimum atomic E-state index is 0. The third-order valence-corrected chi connectivity index (χ3v) is 4.85. The number of rotatable bonds is 2. The molecule has 19 heavy (non-hydrogen) atoms. The molecule has 2 fully saturated rings. The van der Waals surface area contributed by atoms with Crippen LogP contribution in [0.15, 0.2) is 18.2 Å². The van der Waals surface area contributed by atoms with Gasteiger partial charge in [0.05, 0.1) is 0 Å². The molecule has 3 rings (SSSR count). The van der Waals surface area contributed by atoms with E-state index in [9.17, 15) is 0 Å². The first-order chi connectivity index (χ1) is 8.67. The van der Waals surface area contributed by atoms with Crippen LogP contribution in [-0.4, -0.2) is 31.1 Å². The molecular formula is C14H19Cl3N2. The second-order valence-corrected chi connectivity index (χ2v) is 6.47. The molecule has 1 aromatic rings. The molecule has 0 aromatic heterocycles. The van der Waals surface area contributed by atoms with E-state index in [0.29, 0.717) is 10.4 Å². The monoisotopic (exact) mass is 320 g/mol. The Kier molecular flexibility index (Phi) is 5.02. The number of halogens is 3. The van der Waals surface area contributed by atoms with Gasteiger partial charge in [0.15, 0.2) is 0 Å². The lowest BCUT2D eigenvalue weighted by atomic mass is 9.86. The zero-order chi connectivity index (χ0) is 12.6. The molecule has 0 radical (unpaired) electrons. The first-order valence-electron chi connectivity index (χ1n) is 6.54. The van der Waals surface area contributed by atoms with Gasteiger partial charge in [0.2, 0.25) is 0 Å². The van der Waals surface area contributed by atoms with Crippen LogP contribution in [0.2, 0.25) is 10.0 Å². The van der Waals surface area contributed by atoms with Crippen LogP contribution in [0, 0.1) is 5.41 Å². The highest BCUT2D eigenvalue weighted by atomic mass is 35.5. The van der Waals surface area contributed by atoms with Gasteiger partial charge in [0.25, 0.3) is 0 Å². The summed E-state index contributed by atoms with van der Waals surface area (Å²) in [6, 6.07) is 5.80. The van der Waals surface area contributed by atoms with Gasteiger partial charge in [-0.25, -0.2) is 0 Å². The number of benzene rings is 1. The van der Waals surface area contributed by atoms with Crippen molar-refractivity contribution in [2.75, 3.05) is 26.2 Å². The molecule has 0 saturated carbocycles. The molecule has 0 amide bonds. The summed E-state index contributed by atoms with van der Waals surface area (Å²) in [6.07, 6.45) is 2.63. The van der Waals surface area contributed by atoms with Crippen molar-refractivity contribution in [2.24, 2.45) is 5.41 Å². The van der Waals surface area contributed by atoms with Crippen LogP contribution in [0.5, 0.6) is 0 Å². The molecule has 1 spiro atoms. The lowest BCUT2D eigenvalue weighted by Gasteiger charge is -2.23. The van der Waals surface area contributed by atoms with Crippen molar-refractivity contribution in [2.45, 2.75) is 19.4 Å². The summed E-state index contributed by atoms with van der Waals surface area (Å²) in [4.78, 5) is 2.52. The Balaban J connectivity index is 0.00000133. The second-order valence-electron chi connectivity index (χ2n) is 5.62. The zero-order valence-electron chi connectivity index (χ0n) is 10.8. The van der Waals surface area contributed by atoms with E-state index < -0.39 is 0 Å². The minimum absolute atomic E-state index is 0.